The molecule has 2 nitrogen and oxygen atoms in total. The van der Waals surface area contributed by atoms with E-state index in [0.717, 1.165) is 38.8 Å². The Morgan fingerprint density at radius 2 is 2.11 bits per heavy atom. The third kappa shape index (κ3) is 3.59. The molecule has 1 aliphatic heterocycles. The van der Waals surface area contributed by atoms with Gasteiger partial charge in [-0.25, -0.2) is 0 Å². The molecule has 2 rings (SSSR count). The molecule has 1 unspecified atom stereocenters. The molecule has 1 aliphatic rings. The summed E-state index contributed by atoms with van der Waals surface area (Å²) in [6.07, 6.45) is 4.54. The van der Waals surface area contributed by atoms with Crippen LogP contribution in [0, 0.1) is 13.8 Å². The van der Waals surface area contributed by atoms with Crippen molar-refractivity contribution < 1.29 is 4.74 Å². The highest BCUT2D eigenvalue weighted by Gasteiger charge is 2.34. The van der Waals surface area contributed by atoms with E-state index in [9.17, 15) is 0 Å². The van der Waals surface area contributed by atoms with Gasteiger partial charge in [0.25, 0.3) is 0 Å². The molecule has 3 heteroatoms. The number of rotatable bonds is 5. The van der Waals surface area contributed by atoms with Crippen molar-refractivity contribution in [3.63, 3.8) is 0 Å². The fraction of sp³-hybridized carbons (Fsp3) is 0.750. The lowest BCUT2D eigenvalue weighted by atomic mass is 9.86. The molecule has 0 bridgehead atoms. The minimum absolute atomic E-state index is 0.121. The largest absolute Gasteiger partial charge is 0.375 e. The number of hydrogen-bond donors (Lipinski definition) is 1. The van der Waals surface area contributed by atoms with Crippen molar-refractivity contribution >= 4 is 11.3 Å². The molecular weight excluding hydrogens is 254 g/mol. The molecule has 0 aliphatic carbocycles. The topological polar surface area (TPSA) is 21.3 Å². The number of thiophene rings is 1. The SMILES string of the molecule is CCC1(CC)CC(NCc2cc(C)sc2C)CCO1. The van der Waals surface area contributed by atoms with E-state index in [1.807, 2.05) is 11.3 Å². The van der Waals surface area contributed by atoms with E-state index in [1.165, 1.54) is 15.3 Å². The van der Waals surface area contributed by atoms with Crippen molar-refractivity contribution in [3.8, 4) is 0 Å². The number of nitrogens with one attached hydrogen (secondary N) is 1. The molecule has 0 radical (unpaired) electrons. The third-order valence-electron chi connectivity index (χ3n) is 4.51. The zero-order chi connectivity index (χ0) is 13.9. The maximum absolute atomic E-state index is 6.04. The molecule has 0 saturated carbocycles. The lowest BCUT2D eigenvalue weighted by Gasteiger charge is -2.40. The highest BCUT2D eigenvalue weighted by Crippen LogP contribution is 2.31. The first-order valence-electron chi connectivity index (χ1n) is 7.52. The first-order valence-corrected chi connectivity index (χ1v) is 8.33. The summed E-state index contributed by atoms with van der Waals surface area (Å²) in [6, 6.07) is 2.92. The Kier molecular flexibility index (Phi) is 5.04. The van der Waals surface area contributed by atoms with Crippen molar-refractivity contribution in [1.29, 1.82) is 0 Å². The van der Waals surface area contributed by atoms with Gasteiger partial charge in [0.05, 0.1) is 5.60 Å². The van der Waals surface area contributed by atoms with Crippen molar-refractivity contribution in [2.45, 2.75) is 71.6 Å². The summed E-state index contributed by atoms with van der Waals surface area (Å²) >= 11 is 1.90. The van der Waals surface area contributed by atoms with Crippen molar-refractivity contribution in [1.82, 2.24) is 5.32 Å². The molecule has 108 valence electrons. The Labute approximate surface area is 121 Å². The summed E-state index contributed by atoms with van der Waals surface area (Å²) in [5, 5.41) is 3.74. The molecule has 1 N–H and O–H groups in total. The minimum Gasteiger partial charge on any atom is -0.375 e. The normalized spacial score (nSPS) is 22.6. The van der Waals surface area contributed by atoms with Gasteiger partial charge in [-0.3, -0.25) is 0 Å². The van der Waals surface area contributed by atoms with Gasteiger partial charge in [0.15, 0.2) is 0 Å². The first kappa shape index (κ1) is 15.0. The van der Waals surface area contributed by atoms with E-state index in [-0.39, 0.29) is 5.60 Å². The lowest BCUT2D eigenvalue weighted by molar-refractivity contribution is -0.0932. The van der Waals surface area contributed by atoms with E-state index in [4.69, 9.17) is 4.74 Å². The van der Waals surface area contributed by atoms with Gasteiger partial charge in [-0.2, -0.15) is 0 Å². The van der Waals surface area contributed by atoms with Crippen LogP contribution in [0.25, 0.3) is 0 Å². The summed E-state index contributed by atoms with van der Waals surface area (Å²) in [5.74, 6) is 0. The molecular formula is C16H27NOS. The molecule has 0 spiro atoms. The molecule has 0 amide bonds. The second-order valence-corrected chi connectivity index (χ2v) is 7.21. The molecule has 1 fully saturated rings. The zero-order valence-corrected chi connectivity index (χ0v) is 13.5. The molecule has 1 aromatic heterocycles. The Bertz CT molecular complexity index is 409. The highest BCUT2D eigenvalue weighted by atomic mass is 32.1. The van der Waals surface area contributed by atoms with Crippen LogP contribution in [0.15, 0.2) is 6.07 Å². The van der Waals surface area contributed by atoms with Crippen LogP contribution in [0.5, 0.6) is 0 Å². The van der Waals surface area contributed by atoms with E-state index < -0.39 is 0 Å². The average molecular weight is 281 g/mol. The quantitative estimate of drug-likeness (QED) is 0.873. The molecule has 1 atom stereocenters. The smallest absolute Gasteiger partial charge is 0.0692 e. The molecule has 19 heavy (non-hydrogen) atoms. The van der Waals surface area contributed by atoms with Crippen molar-refractivity contribution in [2.75, 3.05) is 6.61 Å². The average Bonchev–Trinajstić information content (AvgIpc) is 2.75. The summed E-state index contributed by atoms with van der Waals surface area (Å²) in [7, 11) is 0. The third-order valence-corrected chi connectivity index (χ3v) is 5.51. The monoisotopic (exact) mass is 281 g/mol. The maximum atomic E-state index is 6.04. The predicted molar refractivity (Wildman–Crippen MR) is 82.9 cm³/mol. The summed E-state index contributed by atoms with van der Waals surface area (Å²) in [4.78, 5) is 2.87. The summed E-state index contributed by atoms with van der Waals surface area (Å²) < 4.78 is 6.04. The fourth-order valence-corrected chi connectivity index (χ4v) is 4.00. The second-order valence-electron chi connectivity index (χ2n) is 5.75. The van der Waals surface area contributed by atoms with Gasteiger partial charge in [-0.15, -0.1) is 11.3 Å². The summed E-state index contributed by atoms with van der Waals surface area (Å²) in [5.41, 5.74) is 1.59. The second kappa shape index (κ2) is 6.38. The first-order chi connectivity index (χ1) is 9.08. The van der Waals surface area contributed by atoms with Crippen molar-refractivity contribution in [3.05, 3.63) is 21.4 Å². The molecule has 0 aromatic carbocycles. The lowest BCUT2D eigenvalue weighted by Crippen LogP contribution is -2.46. The van der Waals surface area contributed by atoms with Gasteiger partial charge in [0.1, 0.15) is 0 Å². The molecule has 1 aromatic rings. The highest BCUT2D eigenvalue weighted by molar-refractivity contribution is 7.12. The van der Waals surface area contributed by atoms with Crippen LogP contribution in [0.4, 0.5) is 0 Å². The van der Waals surface area contributed by atoms with E-state index in [1.54, 1.807) is 0 Å². The predicted octanol–water partition coefficient (Wildman–Crippen LogP) is 4.19. The fourth-order valence-electron chi connectivity index (χ4n) is 3.06. The van der Waals surface area contributed by atoms with Crippen LogP contribution in [-0.4, -0.2) is 18.2 Å². The van der Waals surface area contributed by atoms with Crippen molar-refractivity contribution in [2.24, 2.45) is 0 Å². The number of aryl methyl sites for hydroxylation is 2. The van der Waals surface area contributed by atoms with Gasteiger partial charge in [-0.05, 0) is 51.2 Å². The van der Waals surface area contributed by atoms with E-state index >= 15 is 0 Å². The number of hydrogen-bond acceptors (Lipinski definition) is 3. The van der Waals surface area contributed by atoms with Crippen LogP contribution in [0.3, 0.4) is 0 Å². The van der Waals surface area contributed by atoms with Crippen LogP contribution in [0.2, 0.25) is 0 Å². The number of ether oxygens (including phenoxy) is 1. The van der Waals surface area contributed by atoms with Gasteiger partial charge in [-0.1, -0.05) is 13.8 Å². The molecule has 1 saturated heterocycles. The zero-order valence-electron chi connectivity index (χ0n) is 12.7. The van der Waals surface area contributed by atoms with Crippen LogP contribution >= 0.6 is 11.3 Å². The van der Waals surface area contributed by atoms with Crippen LogP contribution in [-0.2, 0) is 11.3 Å². The van der Waals surface area contributed by atoms with E-state index in [2.05, 4.69) is 39.1 Å². The van der Waals surface area contributed by atoms with Gasteiger partial charge in [0.2, 0.25) is 0 Å². The maximum Gasteiger partial charge on any atom is 0.0692 e. The van der Waals surface area contributed by atoms with Crippen LogP contribution in [0.1, 0.15) is 54.8 Å². The minimum atomic E-state index is 0.121. The standard InChI is InChI=1S/C16H27NOS/c1-5-16(6-2)10-15(7-8-18-16)17-11-14-9-12(3)19-13(14)4/h9,15,17H,5-8,10-11H2,1-4H3. The Balaban J connectivity index is 1.91. The van der Waals surface area contributed by atoms with Gasteiger partial charge < -0.3 is 10.1 Å². The van der Waals surface area contributed by atoms with Gasteiger partial charge >= 0.3 is 0 Å². The Morgan fingerprint density at radius 3 is 2.68 bits per heavy atom. The summed E-state index contributed by atoms with van der Waals surface area (Å²) in [6.45, 7) is 10.8. The Hall–Kier alpha value is -0.380. The van der Waals surface area contributed by atoms with Gasteiger partial charge in [0, 0.05) is 28.9 Å². The Morgan fingerprint density at radius 1 is 1.37 bits per heavy atom. The van der Waals surface area contributed by atoms with Crippen LogP contribution < -0.4 is 5.32 Å². The van der Waals surface area contributed by atoms with E-state index in [0.29, 0.717) is 6.04 Å². The molecule has 2 heterocycles.